The summed E-state index contributed by atoms with van der Waals surface area (Å²) in [7, 11) is 0. The first-order valence-corrected chi connectivity index (χ1v) is 4.72. The molecule has 0 aliphatic carbocycles. The second-order valence-electron chi connectivity index (χ2n) is 3.45. The van der Waals surface area contributed by atoms with Crippen molar-refractivity contribution >= 4 is 0 Å². The van der Waals surface area contributed by atoms with Gasteiger partial charge in [-0.05, 0) is 26.3 Å². The quantitative estimate of drug-likeness (QED) is 0.668. The van der Waals surface area contributed by atoms with Crippen molar-refractivity contribution in [3.8, 4) is 0 Å². The van der Waals surface area contributed by atoms with E-state index < -0.39 is 0 Å². The molecule has 0 aromatic heterocycles. The van der Waals surface area contributed by atoms with E-state index in [1.54, 1.807) is 0 Å². The predicted octanol–water partition coefficient (Wildman–Crippen LogP) is 0.777. The minimum Gasteiger partial charge on any atom is -0.381 e. The molecule has 2 N–H and O–H groups in total. The van der Waals surface area contributed by atoms with E-state index in [1.165, 1.54) is 0 Å². The molecule has 1 rings (SSSR count). The third kappa shape index (κ3) is 3.52. The molecule has 72 valence electrons. The second-order valence-corrected chi connectivity index (χ2v) is 3.45. The Balaban J connectivity index is 1.99. The van der Waals surface area contributed by atoms with Crippen LogP contribution in [0.15, 0.2) is 0 Å². The first-order chi connectivity index (χ1) is 5.83. The minimum absolute atomic E-state index is 0.301. The van der Waals surface area contributed by atoms with Gasteiger partial charge in [-0.3, -0.25) is 0 Å². The Labute approximate surface area is 74.2 Å². The molecule has 1 heterocycles. The summed E-state index contributed by atoms with van der Waals surface area (Å²) in [6, 6.07) is 0. The lowest BCUT2D eigenvalue weighted by Gasteiger charge is -2.14. The van der Waals surface area contributed by atoms with Gasteiger partial charge in [0.15, 0.2) is 0 Å². The van der Waals surface area contributed by atoms with Gasteiger partial charge in [-0.15, -0.1) is 0 Å². The monoisotopic (exact) mass is 173 g/mol. The summed E-state index contributed by atoms with van der Waals surface area (Å²) in [5.74, 6) is 0.616. The molecular formula is C9H19NO2. The van der Waals surface area contributed by atoms with Crippen molar-refractivity contribution in [1.82, 2.24) is 0 Å². The molecule has 12 heavy (non-hydrogen) atoms. The van der Waals surface area contributed by atoms with E-state index in [0.29, 0.717) is 18.6 Å². The summed E-state index contributed by atoms with van der Waals surface area (Å²) in [5.41, 5.74) is 5.41. The normalized spacial score (nSPS) is 26.0. The van der Waals surface area contributed by atoms with Gasteiger partial charge >= 0.3 is 0 Å². The maximum atomic E-state index is 5.61. The average Bonchev–Trinajstić information content (AvgIpc) is 2.53. The Hall–Kier alpha value is -0.120. The number of ether oxygens (including phenoxy) is 2. The minimum atomic E-state index is 0.301. The van der Waals surface area contributed by atoms with Gasteiger partial charge in [0, 0.05) is 12.5 Å². The lowest BCUT2D eigenvalue weighted by molar-refractivity contribution is 0.0335. The van der Waals surface area contributed by atoms with Gasteiger partial charge in [0.25, 0.3) is 0 Å². The molecule has 2 atom stereocenters. The van der Waals surface area contributed by atoms with E-state index in [2.05, 4.69) is 6.92 Å². The van der Waals surface area contributed by atoms with Crippen LogP contribution in [0, 0.1) is 5.92 Å². The zero-order chi connectivity index (χ0) is 8.81. The number of rotatable bonds is 5. The van der Waals surface area contributed by atoms with Gasteiger partial charge in [-0.2, -0.15) is 0 Å². The first-order valence-electron chi connectivity index (χ1n) is 4.72. The number of hydrogen-bond donors (Lipinski definition) is 1. The predicted molar refractivity (Wildman–Crippen MR) is 48.0 cm³/mol. The molecule has 1 saturated heterocycles. The highest BCUT2D eigenvalue weighted by Gasteiger charge is 2.16. The molecule has 3 heteroatoms. The highest BCUT2D eigenvalue weighted by Crippen LogP contribution is 2.13. The van der Waals surface area contributed by atoms with Gasteiger partial charge < -0.3 is 15.2 Å². The lowest BCUT2D eigenvalue weighted by atomic mass is 10.1. The van der Waals surface area contributed by atoms with E-state index in [1.807, 2.05) is 0 Å². The summed E-state index contributed by atoms with van der Waals surface area (Å²) in [6.45, 7) is 5.39. The molecule has 0 radical (unpaired) electrons. The molecule has 3 nitrogen and oxygen atoms in total. The molecule has 0 aromatic rings. The van der Waals surface area contributed by atoms with E-state index in [0.717, 1.165) is 32.7 Å². The molecule has 1 fully saturated rings. The van der Waals surface area contributed by atoms with Crippen molar-refractivity contribution < 1.29 is 9.47 Å². The van der Waals surface area contributed by atoms with Crippen LogP contribution in [0.5, 0.6) is 0 Å². The van der Waals surface area contributed by atoms with Crippen molar-refractivity contribution in [1.29, 1.82) is 0 Å². The van der Waals surface area contributed by atoms with Crippen molar-refractivity contribution in [3.63, 3.8) is 0 Å². The summed E-state index contributed by atoms with van der Waals surface area (Å²) in [5, 5.41) is 0. The van der Waals surface area contributed by atoms with Crippen LogP contribution in [0.25, 0.3) is 0 Å². The maximum Gasteiger partial charge on any atom is 0.0559 e. The molecule has 2 unspecified atom stereocenters. The lowest BCUT2D eigenvalue weighted by Crippen LogP contribution is -2.18. The maximum absolute atomic E-state index is 5.61. The zero-order valence-corrected chi connectivity index (χ0v) is 7.79. The zero-order valence-electron chi connectivity index (χ0n) is 7.79. The molecule has 1 aliphatic heterocycles. The van der Waals surface area contributed by atoms with E-state index in [9.17, 15) is 0 Å². The van der Waals surface area contributed by atoms with Crippen LogP contribution in [0.2, 0.25) is 0 Å². The highest BCUT2D eigenvalue weighted by molar-refractivity contribution is 4.63. The Bertz CT molecular complexity index is 113. The standard InChI is InChI=1S/C9H19NO2/c1-8(2-4-10)12-7-9-3-5-11-6-9/h8-9H,2-7,10H2,1H3. The summed E-state index contributed by atoms with van der Waals surface area (Å²) >= 11 is 0. The molecule has 1 aliphatic rings. The van der Waals surface area contributed by atoms with Gasteiger partial charge in [0.2, 0.25) is 0 Å². The fourth-order valence-electron chi connectivity index (χ4n) is 1.33. The summed E-state index contributed by atoms with van der Waals surface area (Å²) in [6.07, 6.45) is 2.40. The van der Waals surface area contributed by atoms with E-state index >= 15 is 0 Å². The van der Waals surface area contributed by atoms with Crippen LogP contribution < -0.4 is 5.73 Å². The van der Waals surface area contributed by atoms with Crippen molar-refractivity contribution in [2.75, 3.05) is 26.4 Å². The van der Waals surface area contributed by atoms with Crippen LogP contribution >= 0.6 is 0 Å². The van der Waals surface area contributed by atoms with Crippen LogP contribution in [0.4, 0.5) is 0 Å². The Morgan fingerprint density at radius 2 is 2.50 bits per heavy atom. The molecule has 0 amide bonds. The molecule has 0 aromatic carbocycles. The highest BCUT2D eigenvalue weighted by atomic mass is 16.5. The first kappa shape index (κ1) is 9.96. The third-order valence-electron chi connectivity index (χ3n) is 2.21. The van der Waals surface area contributed by atoms with Crippen molar-refractivity contribution in [2.45, 2.75) is 25.9 Å². The van der Waals surface area contributed by atoms with E-state index in [-0.39, 0.29) is 0 Å². The summed E-state index contributed by atoms with van der Waals surface area (Å²) < 4.78 is 10.9. The fourth-order valence-corrected chi connectivity index (χ4v) is 1.33. The van der Waals surface area contributed by atoms with Gasteiger partial charge in [-0.1, -0.05) is 0 Å². The third-order valence-corrected chi connectivity index (χ3v) is 2.21. The van der Waals surface area contributed by atoms with Crippen LogP contribution in [-0.4, -0.2) is 32.5 Å². The fraction of sp³-hybridized carbons (Fsp3) is 1.00. The van der Waals surface area contributed by atoms with Gasteiger partial charge in [0.1, 0.15) is 0 Å². The largest absolute Gasteiger partial charge is 0.381 e. The average molecular weight is 173 g/mol. The topological polar surface area (TPSA) is 44.5 Å². The Morgan fingerprint density at radius 1 is 1.67 bits per heavy atom. The van der Waals surface area contributed by atoms with Gasteiger partial charge in [0.05, 0.1) is 19.3 Å². The Kier molecular flexibility index (Phi) is 4.58. The SMILES string of the molecule is CC(CCN)OCC1CCOC1. The number of hydrogen-bond acceptors (Lipinski definition) is 3. The van der Waals surface area contributed by atoms with Crippen LogP contribution in [0.3, 0.4) is 0 Å². The van der Waals surface area contributed by atoms with Crippen molar-refractivity contribution in [2.24, 2.45) is 11.7 Å². The van der Waals surface area contributed by atoms with Gasteiger partial charge in [-0.25, -0.2) is 0 Å². The Morgan fingerprint density at radius 3 is 3.08 bits per heavy atom. The van der Waals surface area contributed by atoms with Crippen molar-refractivity contribution in [3.05, 3.63) is 0 Å². The molecule has 0 saturated carbocycles. The molecule has 0 spiro atoms. The number of nitrogens with two attached hydrogens (primary N) is 1. The van der Waals surface area contributed by atoms with Crippen LogP contribution in [0.1, 0.15) is 19.8 Å². The summed E-state index contributed by atoms with van der Waals surface area (Å²) in [4.78, 5) is 0. The second kappa shape index (κ2) is 5.51. The molecule has 0 bridgehead atoms. The van der Waals surface area contributed by atoms with E-state index in [4.69, 9.17) is 15.2 Å². The molecular weight excluding hydrogens is 154 g/mol. The smallest absolute Gasteiger partial charge is 0.0559 e. The van der Waals surface area contributed by atoms with Crippen LogP contribution in [-0.2, 0) is 9.47 Å².